The minimum atomic E-state index is -4.43. The zero-order valence-electron chi connectivity index (χ0n) is 22.8. The van der Waals surface area contributed by atoms with E-state index in [0.29, 0.717) is 30.2 Å². The molecule has 2 aliphatic carbocycles. The normalized spacial score (nSPS) is 19.5. The van der Waals surface area contributed by atoms with Crippen LogP contribution in [-0.4, -0.2) is 51.4 Å². The number of dihydropyridines is 1. The number of allylic oxidation sites excluding steroid dienone is 1. The summed E-state index contributed by atoms with van der Waals surface area (Å²) in [4.78, 5) is 18.3. The average molecular weight is 577 g/mol. The molecule has 0 spiro atoms. The second-order valence-corrected chi connectivity index (χ2v) is 10.6. The van der Waals surface area contributed by atoms with E-state index in [4.69, 9.17) is 10.7 Å². The number of pyridine rings is 1. The molecule has 1 aromatic carbocycles. The van der Waals surface area contributed by atoms with Crippen molar-refractivity contribution in [3.05, 3.63) is 66.5 Å². The van der Waals surface area contributed by atoms with E-state index in [1.807, 2.05) is 30.3 Å². The van der Waals surface area contributed by atoms with Gasteiger partial charge in [-0.2, -0.15) is 23.3 Å². The van der Waals surface area contributed by atoms with Gasteiger partial charge in [0, 0.05) is 37.0 Å². The maximum atomic E-state index is 13.9. The molecule has 2 aromatic heterocycles. The molecule has 1 atom stereocenters. The number of aliphatic imine (C=N–C) groups is 1. The smallest absolute Gasteiger partial charge is 0.388 e. The summed E-state index contributed by atoms with van der Waals surface area (Å²) in [5, 5.41) is 14.8. The third-order valence-electron chi connectivity index (χ3n) is 7.44. The van der Waals surface area contributed by atoms with Crippen LogP contribution in [0.4, 0.5) is 30.6 Å². The fourth-order valence-corrected chi connectivity index (χ4v) is 4.78. The van der Waals surface area contributed by atoms with Gasteiger partial charge in [0.1, 0.15) is 23.6 Å². The Hall–Kier alpha value is -4.52. The monoisotopic (exact) mass is 576 g/mol. The van der Waals surface area contributed by atoms with Gasteiger partial charge >= 0.3 is 6.18 Å². The van der Waals surface area contributed by atoms with E-state index in [0.717, 1.165) is 23.2 Å². The number of anilines is 3. The van der Waals surface area contributed by atoms with E-state index in [2.05, 4.69) is 42.6 Å². The topological polar surface area (TPSA) is 129 Å². The Morgan fingerprint density at radius 3 is 2.64 bits per heavy atom. The minimum absolute atomic E-state index is 0.0321. The van der Waals surface area contributed by atoms with E-state index in [-0.39, 0.29) is 36.3 Å². The number of hydrogen-bond acceptors (Lipinski definition) is 9. The number of hydrazone groups is 1. The van der Waals surface area contributed by atoms with Gasteiger partial charge in [0.25, 0.3) is 0 Å². The fourth-order valence-electron chi connectivity index (χ4n) is 4.78. The van der Waals surface area contributed by atoms with Crippen molar-refractivity contribution in [2.45, 2.75) is 62.6 Å². The first-order chi connectivity index (χ1) is 20.3. The van der Waals surface area contributed by atoms with Gasteiger partial charge in [0.05, 0.1) is 16.9 Å². The molecule has 1 unspecified atom stereocenters. The standard InChI is InChI=1S/C29H31F3N10/c1-2-42(36-17-33)21-5-3-4-18(14-21)15-35-27-39-23-10-9-22(19-6-11-24(34-16-19)37-20-7-8-20)38-25(23)26(40-27)41-28(12-13-28)29(30,31)32/h2-6,9-10,14,16-17,20,24,37H,1,7-8,11-13,15H2,(H2,33,36)(H2,35,39,40,41). The van der Waals surface area contributed by atoms with Crippen LogP contribution < -0.4 is 26.7 Å². The number of halogens is 3. The van der Waals surface area contributed by atoms with Crippen LogP contribution in [0.15, 0.2) is 65.3 Å². The molecule has 42 heavy (non-hydrogen) atoms. The zero-order chi connectivity index (χ0) is 29.3. The van der Waals surface area contributed by atoms with Crippen molar-refractivity contribution in [3.8, 4) is 0 Å². The van der Waals surface area contributed by atoms with Crippen LogP contribution >= 0.6 is 0 Å². The van der Waals surface area contributed by atoms with Crippen molar-refractivity contribution in [3.63, 3.8) is 0 Å². The molecule has 0 saturated heterocycles. The highest BCUT2D eigenvalue weighted by Gasteiger charge is 2.64. The minimum Gasteiger partial charge on any atom is -0.388 e. The Kier molecular flexibility index (Phi) is 7.27. The maximum absolute atomic E-state index is 13.9. The summed E-state index contributed by atoms with van der Waals surface area (Å²) in [7, 11) is 0. The number of nitrogens with one attached hydrogen (secondary N) is 3. The van der Waals surface area contributed by atoms with Gasteiger partial charge in [-0.25, -0.2) is 15.0 Å². The highest BCUT2D eigenvalue weighted by Crippen LogP contribution is 2.51. The number of benzene rings is 1. The summed E-state index contributed by atoms with van der Waals surface area (Å²) in [6, 6.07) is 11.6. The molecule has 6 rings (SSSR count). The molecule has 1 aliphatic heterocycles. The van der Waals surface area contributed by atoms with Crippen molar-refractivity contribution < 1.29 is 13.2 Å². The second kappa shape index (κ2) is 11.0. The molecule has 0 amide bonds. The van der Waals surface area contributed by atoms with Gasteiger partial charge in [-0.05, 0) is 55.5 Å². The molecule has 2 saturated carbocycles. The number of alkyl halides is 3. The van der Waals surface area contributed by atoms with E-state index in [9.17, 15) is 13.2 Å². The van der Waals surface area contributed by atoms with Crippen LogP contribution in [0.3, 0.4) is 0 Å². The van der Waals surface area contributed by atoms with Gasteiger partial charge in [-0.1, -0.05) is 24.8 Å². The van der Waals surface area contributed by atoms with Gasteiger partial charge < -0.3 is 16.4 Å². The molecule has 218 valence electrons. The first kappa shape index (κ1) is 27.6. The average Bonchev–Trinajstić information content (AvgIpc) is 3.92. The largest absolute Gasteiger partial charge is 0.411 e. The Labute approximate surface area is 240 Å². The van der Waals surface area contributed by atoms with Crippen LogP contribution in [0.1, 0.15) is 43.4 Å². The van der Waals surface area contributed by atoms with Crippen molar-refractivity contribution >= 4 is 46.6 Å². The van der Waals surface area contributed by atoms with Crippen LogP contribution in [0.2, 0.25) is 0 Å². The van der Waals surface area contributed by atoms with E-state index >= 15 is 0 Å². The Bertz CT molecular complexity index is 1570. The number of rotatable bonds is 11. The quantitative estimate of drug-likeness (QED) is 0.144. The number of nitrogens with zero attached hydrogens (tertiary/aromatic N) is 6. The highest BCUT2D eigenvalue weighted by molar-refractivity contribution is 6.10. The van der Waals surface area contributed by atoms with Crippen LogP contribution in [0.5, 0.6) is 0 Å². The molecule has 0 radical (unpaired) electrons. The van der Waals surface area contributed by atoms with Crippen molar-refractivity contribution in [2.24, 2.45) is 15.8 Å². The van der Waals surface area contributed by atoms with E-state index in [1.165, 1.54) is 24.1 Å². The molecular weight excluding hydrogens is 545 g/mol. The fraction of sp³-hybridized carbons (Fsp3) is 0.345. The predicted octanol–water partition coefficient (Wildman–Crippen LogP) is 4.93. The second-order valence-electron chi connectivity index (χ2n) is 10.6. The molecule has 3 aliphatic rings. The lowest BCUT2D eigenvalue weighted by Gasteiger charge is -2.22. The van der Waals surface area contributed by atoms with Crippen LogP contribution in [-0.2, 0) is 6.54 Å². The summed E-state index contributed by atoms with van der Waals surface area (Å²) in [6.07, 6.45) is 5.10. The third kappa shape index (κ3) is 5.91. The van der Waals surface area contributed by atoms with Gasteiger partial charge in [0.15, 0.2) is 5.82 Å². The molecule has 3 heterocycles. The summed E-state index contributed by atoms with van der Waals surface area (Å²) < 4.78 is 41.8. The predicted molar refractivity (Wildman–Crippen MR) is 159 cm³/mol. The molecule has 2 fully saturated rings. The summed E-state index contributed by atoms with van der Waals surface area (Å²) >= 11 is 0. The summed E-state index contributed by atoms with van der Waals surface area (Å²) in [5.74, 6) is 0.209. The van der Waals surface area contributed by atoms with Crippen LogP contribution in [0, 0.1) is 0 Å². The number of aromatic nitrogens is 3. The van der Waals surface area contributed by atoms with Crippen LogP contribution in [0.25, 0.3) is 16.6 Å². The first-order valence-electron chi connectivity index (χ1n) is 13.8. The maximum Gasteiger partial charge on any atom is 0.411 e. The van der Waals surface area contributed by atoms with Crippen molar-refractivity contribution in [1.29, 1.82) is 0 Å². The molecule has 13 heteroatoms. The van der Waals surface area contributed by atoms with E-state index in [1.54, 1.807) is 18.3 Å². The lowest BCUT2D eigenvalue weighted by atomic mass is 10.1. The Morgan fingerprint density at radius 2 is 1.98 bits per heavy atom. The molecule has 5 N–H and O–H groups in total. The SMILES string of the molecule is C=CN(N=CN)c1cccc(CNc2nc(NC3(C(F)(F)F)CC3)c3nc(C4=CCC(NC5CC5)N=C4)ccc3n2)c1. The van der Waals surface area contributed by atoms with Crippen molar-refractivity contribution in [1.82, 2.24) is 20.3 Å². The number of fused-ring (bicyclic) bond motifs is 1. The lowest BCUT2D eigenvalue weighted by molar-refractivity contribution is -0.151. The zero-order valence-corrected chi connectivity index (χ0v) is 22.8. The summed E-state index contributed by atoms with van der Waals surface area (Å²) in [5.41, 5.74) is 7.09. The number of nitrogens with two attached hydrogens (primary N) is 1. The van der Waals surface area contributed by atoms with Gasteiger partial charge in [0.2, 0.25) is 5.95 Å². The first-order valence-corrected chi connectivity index (χ1v) is 13.8. The summed E-state index contributed by atoms with van der Waals surface area (Å²) in [6.45, 7) is 4.05. The number of hydrogen-bond donors (Lipinski definition) is 4. The molecule has 3 aromatic rings. The Morgan fingerprint density at radius 1 is 1.14 bits per heavy atom. The molecule has 0 bridgehead atoms. The molecule has 10 nitrogen and oxygen atoms in total. The van der Waals surface area contributed by atoms with Gasteiger partial charge in [-0.15, -0.1) is 0 Å². The van der Waals surface area contributed by atoms with Crippen molar-refractivity contribution in [2.75, 3.05) is 15.6 Å². The Balaban J connectivity index is 1.28. The van der Waals surface area contributed by atoms with E-state index < -0.39 is 11.7 Å². The lowest BCUT2D eigenvalue weighted by Crippen LogP contribution is -2.39. The molecular formula is C29H31F3N10. The highest BCUT2D eigenvalue weighted by atomic mass is 19.4. The third-order valence-corrected chi connectivity index (χ3v) is 7.44. The van der Waals surface area contributed by atoms with Gasteiger partial charge in [-0.3, -0.25) is 10.3 Å².